The van der Waals surface area contributed by atoms with Crippen LogP contribution in [0.2, 0.25) is 0 Å². The monoisotopic (exact) mass is 310 g/mol. The number of allylic oxidation sites excluding steroid dienone is 2. The first kappa shape index (κ1) is 15.9. The molecule has 1 heterocycles. The van der Waals surface area contributed by atoms with E-state index in [9.17, 15) is 4.79 Å². The molecule has 2 N–H and O–H groups in total. The summed E-state index contributed by atoms with van der Waals surface area (Å²) in [5.74, 6) is 0.615. The van der Waals surface area contributed by atoms with Crippen molar-refractivity contribution in [2.45, 2.75) is 52.0 Å². The lowest BCUT2D eigenvalue weighted by Gasteiger charge is -2.37. The van der Waals surface area contributed by atoms with Crippen molar-refractivity contribution in [2.24, 2.45) is 5.92 Å². The number of rotatable bonds is 4. The van der Waals surface area contributed by atoms with Crippen molar-refractivity contribution < 1.29 is 4.79 Å². The second-order valence-electron chi connectivity index (χ2n) is 7.33. The number of nitrogens with one attached hydrogen (secondary N) is 2. The molecular formula is C20H26N2O. The minimum atomic E-state index is -0.166. The van der Waals surface area contributed by atoms with Crippen LogP contribution in [0.1, 0.15) is 45.6 Å². The summed E-state index contributed by atoms with van der Waals surface area (Å²) in [5.41, 5.74) is 3.46. The van der Waals surface area contributed by atoms with E-state index in [1.807, 2.05) is 24.4 Å². The summed E-state index contributed by atoms with van der Waals surface area (Å²) in [6.07, 6.45) is 8.06. The van der Waals surface area contributed by atoms with E-state index in [0.29, 0.717) is 12.3 Å². The number of amides is 1. The van der Waals surface area contributed by atoms with Crippen molar-refractivity contribution in [1.29, 1.82) is 0 Å². The molecule has 0 radical (unpaired) electrons. The number of aromatic amines is 1. The molecule has 23 heavy (non-hydrogen) atoms. The molecule has 0 bridgehead atoms. The van der Waals surface area contributed by atoms with Crippen LogP contribution < -0.4 is 5.32 Å². The topological polar surface area (TPSA) is 44.9 Å². The first-order valence-corrected chi connectivity index (χ1v) is 8.47. The molecule has 0 aliphatic heterocycles. The quantitative estimate of drug-likeness (QED) is 0.810. The number of carbonyl (C=O) groups excluding carboxylic acids is 1. The molecule has 1 aliphatic carbocycles. The SMILES string of the molecule is CC1=CCC(C(C)(C)NC(=O)Cc2c[nH]c3ccccc23)CC1. The summed E-state index contributed by atoms with van der Waals surface area (Å²) in [6, 6.07) is 8.12. The second-order valence-corrected chi connectivity index (χ2v) is 7.33. The highest BCUT2D eigenvalue weighted by Crippen LogP contribution is 2.31. The Balaban J connectivity index is 1.67. The first-order chi connectivity index (χ1) is 11.0. The van der Waals surface area contributed by atoms with Crippen LogP contribution in [-0.4, -0.2) is 16.4 Å². The van der Waals surface area contributed by atoms with Gasteiger partial charge in [-0.3, -0.25) is 4.79 Å². The van der Waals surface area contributed by atoms with Crippen LogP contribution in [0.25, 0.3) is 10.9 Å². The lowest BCUT2D eigenvalue weighted by atomic mass is 9.77. The van der Waals surface area contributed by atoms with E-state index in [1.54, 1.807) is 0 Å². The first-order valence-electron chi connectivity index (χ1n) is 8.47. The van der Waals surface area contributed by atoms with Crippen LogP contribution in [0.5, 0.6) is 0 Å². The molecule has 0 spiro atoms. The third-order valence-electron chi connectivity index (χ3n) is 5.15. The second kappa shape index (κ2) is 6.23. The van der Waals surface area contributed by atoms with E-state index in [4.69, 9.17) is 0 Å². The maximum atomic E-state index is 12.5. The van der Waals surface area contributed by atoms with Gasteiger partial charge in [-0.15, -0.1) is 0 Å². The lowest BCUT2D eigenvalue weighted by molar-refractivity contribution is -0.122. The summed E-state index contributed by atoms with van der Waals surface area (Å²) in [7, 11) is 0. The van der Waals surface area contributed by atoms with Gasteiger partial charge in [-0.2, -0.15) is 0 Å². The molecule has 1 amide bonds. The van der Waals surface area contributed by atoms with Gasteiger partial charge in [0.15, 0.2) is 0 Å². The minimum Gasteiger partial charge on any atom is -0.361 e. The minimum absolute atomic E-state index is 0.103. The fraction of sp³-hybridized carbons (Fsp3) is 0.450. The predicted molar refractivity (Wildman–Crippen MR) is 95.3 cm³/mol. The molecule has 3 nitrogen and oxygen atoms in total. The number of hydrogen-bond acceptors (Lipinski definition) is 1. The summed E-state index contributed by atoms with van der Waals surface area (Å²) in [4.78, 5) is 15.8. The van der Waals surface area contributed by atoms with Crippen LogP contribution in [0.4, 0.5) is 0 Å². The van der Waals surface area contributed by atoms with Gasteiger partial charge in [0.25, 0.3) is 0 Å². The van der Waals surface area contributed by atoms with Gasteiger partial charge in [0.1, 0.15) is 0 Å². The number of benzene rings is 1. The number of fused-ring (bicyclic) bond motifs is 1. The van der Waals surface area contributed by atoms with Crippen molar-refractivity contribution in [3.8, 4) is 0 Å². The van der Waals surface area contributed by atoms with Gasteiger partial charge < -0.3 is 10.3 Å². The Morgan fingerprint density at radius 3 is 2.87 bits per heavy atom. The molecule has 2 aromatic rings. The summed E-state index contributed by atoms with van der Waals surface area (Å²) < 4.78 is 0. The van der Waals surface area contributed by atoms with Gasteiger partial charge in [0, 0.05) is 22.6 Å². The average molecular weight is 310 g/mol. The molecule has 1 atom stereocenters. The van der Waals surface area contributed by atoms with Crippen molar-refractivity contribution in [2.75, 3.05) is 0 Å². The number of para-hydroxylation sites is 1. The van der Waals surface area contributed by atoms with Crippen molar-refractivity contribution >= 4 is 16.8 Å². The number of hydrogen-bond donors (Lipinski definition) is 2. The van der Waals surface area contributed by atoms with E-state index in [0.717, 1.165) is 35.7 Å². The number of H-pyrrole nitrogens is 1. The molecular weight excluding hydrogens is 284 g/mol. The zero-order valence-corrected chi connectivity index (χ0v) is 14.3. The fourth-order valence-electron chi connectivity index (χ4n) is 3.58. The van der Waals surface area contributed by atoms with Crippen molar-refractivity contribution in [1.82, 2.24) is 10.3 Å². The smallest absolute Gasteiger partial charge is 0.224 e. The Bertz CT molecular complexity index is 739. The van der Waals surface area contributed by atoms with Gasteiger partial charge in [0.2, 0.25) is 5.91 Å². The standard InChI is InChI=1S/C20H26N2O/c1-14-8-10-16(11-9-14)20(2,3)22-19(23)12-15-13-21-18-7-5-4-6-17(15)18/h4-8,13,16,21H,9-12H2,1-3H3,(H,22,23). The summed E-state index contributed by atoms with van der Waals surface area (Å²) in [6.45, 7) is 6.50. The fourth-order valence-corrected chi connectivity index (χ4v) is 3.58. The maximum Gasteiger partial charge on any atom is 0.224 e. The number of carbonyl (C=O) groups is 1. The Morgan fingerprint density at radius 1 is 1.35 bits per heavy atom. The van der Waals surface area contributed by atoms with E-state index in [-0.39, 0.29) is 11.4 Å². The molecule has 122 valence electrons. The molecule has 1 unspecified atom stereocenters. The van der Waals surface area contributed by atoms with Crippen LogP contribution in [0.3, 0.4) is 0 Å². The van der Waals surface area contributed by atoms with Gasteiger partial charge in [-0.05, 0) is 57.6 Å². The molecule has 0 saturated heterocycles. The van der Waals surface area contributed by atoms with Crippen LogP contribution in [0, 0.1) is 5.92 Å². The van der Waals surface area contributed by atoms with Crippen molar-refractivity contribution in [3.63, 3.8) is 0 Å². The molecule has 3 rings (SSSR count). The van der Waals surface area contributed by atoms with Crippen LogP contribution in [-0.2, 0) is 11.2 Å². The highest BCUT2D eigenvalue weighted by Gasteiger charge is 2.31. The molecule has 0 fully saturated rings. The Morgan fingerprint density at radius 2 is 2.13 bits per heavy atom. The van der Waals surface area contributed by atoms with Gasteiger partial charge in [-0.25, -0.2) is 0 Å². The highest BCUT2D eigenvalue weighted by molar-refractivity contribution is 5.89. The zero-order valence-electron chi connectivity index (χ0n) is 14.3. The van der Waals surface area contributed by atoms with Crippen molar-refractivity contribution in [3.05, 3.63) is 47.7 Å². The molecule has 3 heteroatoms. The van der Waals surface area contributed by atoms with Gasteiger partial charge >= 0.3 is 0 Å². The Hall–Kier alpha value is -2.03. The summed E-state index contributed by atoms with van der Waals surface area (Å²) >= 11 is 0. The number of aromatic nitrogens is 1. The van der Waals surface area contributed by atoms with E-state index in [2.05, 4.69) is 43.2 Å². The van der Waals surface area contributed by atoms with Crippen LogP contribution >= 0.6 is 0 Å². The Labute approximate surface area is 138 Å². The lowest BCUT2D eigenvalue weighted by Crippen LogP contribution is -2.50. The third-order valence-corrected chi connectivity index (χ3v) is 5.15. The molecule has 1 aliphatic rings. The van der Waals surface area contributed by atoms with Crippen LogP contribution in [0.15, 0.2) is 42.1 Å². The predicted octanol–water partition coefficient (Wildman–Crippen LogP) is 4.35. The van der Waals surface area contributed by atoms with E-state index >= 15 is 0 Å². The van der Waals surface area contributed by atoms with E-state index < -0.39 is 0 Å². The zero-order chi connectivity index (χ0) is 16.4. The normalized spacial score (nSPS) is 18.7. The summed E-state index contributed by atoms with van der Waals surface area (Å²) in [5, 5.41) is 4.40. The van der Waals surface area contributed by atoms with E-state index in [1.165, 1.54) is 5.57 Å². The third kappa shape index (κ3) is 3.49. The Kier molecular flexibility index (Phi) is 4.29. The molecule has 0 saturated carbocycles. The molecule has 1 aromatic heterocycles. The molecule has 1 aromatic carbocycles. The van der Waals surface area contributed by atoms with Gasteiger partial charge in [-0.1, -0.05) is 29.8 Å². The largest absolute Gasteiger partial charge is 0.361 e. The maximum absolute atomic E-state index is 12.5. The highest BCUT2D eigenvalue weighted by atomic mass is 16.1. The average Bonchev–Trinajstić information content (AvgIpc) is 2.90. The van der Waals surface area contributed by atoms with Gasteiger partial charge in [0.05, 0.1) is 6.42 Å².